The van der Waals surface area contributed by atoms with E-state index in [1.807, 2.05) is 18.3 Å². The van der Waals surface area contributed by atoms with Gasteiger partial charge in [-0.25, -0.2) is 0 Å². The standard InChI is InChI=1S/C12H14N4S/c1-2-8-6-10(8)16-11(14-15-12(16)17)9-4-3-5-13-7-9/h3-5,7-8,10H,2,6H2,1H3,(H,15,17). The Balaban J connectivity index is 2.05. The number of aromatic amines is 1. The van der Waals surface area contributed by atoms with Crippen LogP contribution >= 0.6 is 12.2 Å². The van der Waals surface area contributed by atoms with Crippen LogP contribution in [-0.2, 0) is 0 Å². The van der Waals surface area contributed by atoms with Crippen LogP contribution in [-0.4, -0.2) is 19.7 Å². The molecule has 2 aromatic rings. The maximum absolute atomic E-state index is 5.31. The molecule has 4 nitrogen and oxygen atoms in total. The molecule has 0 spiro atoms. The summed E-state index contributed by atoms with van der Waals surface area (Å²) in [5.41, 5.74) is 1.02. The van der Waals surface area contributed by atoms with Crippen molar-refractivity contribution in [2.75, 3.05) is 0 Å². The average Bonchev–Trinajstić information content (AvgIpc) is 3.05. The molecule has 0 aromatic carbocycles. The Bertz CT molecular complexity index is 572. The molecule has 0 radical (unpaired) electrons. The van der Waals surface area contributed by atoms with E-state index >= 15 is 0 Å². The molecule has 0 amide bonds. The van der Waals surface area contributed by atoms with Gasteiger partial charge in [0.15, 0.2) is 10.6 Å². The number of nitrogens with zero attached hydrogens (tertiary/aromatic N) is 3. The van der Waals surface area contributed by atoms with Gasteiger partial charge in [0.25, 0.3) is 0 Å². The van der Waals surface area contributed by atoms with E-state index in [0.29, 0.717) is 10.8 Å². The summed E-state index contributed by atoms with van der Waals surface area (Å²) >= 11 is 5.31. The Hall–Kier alpha value is -1.49. The van der Waals surface area contributed by atoms with Crippen molar-refractivity contribution in [3.63, 3.8) is 0 Å². The minimum Gasteiger partial charge on any atom is -0.297 e. The van der Waals surface area contributed by atoms with Gasteiger partial charge in [-0.05, 0) is 36.7 Å². The first-order chi connectivity index (χ1) is 8.31. The van der Waals surface area contributed by atoms with Crippen molar-refractivity contribution in [3.05, 3.63) is 29.3 Å². The van der Waals surface area contributed by atoms with Crippen LogP contribution < -0.4 is 0 Å². The first kappa shape index (κ1) is 10.7. The number of pyridine rings is 1. The van der Waals surface area contributed by atoms with Crippen LogP contribution in [0.4, 0.5) is 0 Å². The highest BCUT2D eigenvalue weighted by molar-refractivity contribution is 7.71. The summed E-state index contributed by atoms with van der Waals surface area (Å²) in [7, 11) is 0. The molecule has 3 rings (SSSR count). The van der Waals surface area contributed by atoms with Gasteiger partial charge >= 0.3 is 0 Å². The Morgan fingerprint density at radius 1 is 1.59 bits per heavy atom. The third kappa shape index (κ3) is 1.80. The van der Waals surface area contributed by atoms with Crippen molar-refractivity contribution in [2.24, 2.45) is 5.92 Å². The Kier molecular flexibility index (Phi) is 2.55. The van der Waals surface area contributed by atoms with Crippen molar-refractivity contribution < 1.29 is 0 Å². The molecule has 17 heavy (non-hydrogen) atoms. The molecule has 1 aliphatic carbocycles. The van der Waals surface area contributed by atoms with Gasteiger partial charge in [0, 0.05) is 24.0 Å². The summed E-state index contributed by atoms with van der Waals surface area (Å²) in [6.45, 7) is 2.22. The third-order valence-electron chi connectivity index (χ3n) is 3.37. The topological polar surface area (TPSA) is 46.5 Å². The summed E-state index contributed by atoms with van der Waals surface area (Å²) in [5.74, 6) is 1.65. The Morgan fingerprint density at radius 2 is 2.47 bits per heavy atom. The van der Waals surface area contributed by atoms with Crippen molar-refractivity contribution in [3.8, 4) is 11.4 Å². The lowest BCUT2D eigenvalue weighted by atomic mass is 10.2. The fourth-order valence-corrected chi connectivity index (χ4v) is 2.57. The monoisotopic (exact) mass is 246 g/mol. The highest BCUT2D eigenvalue weighted by atomic mass is 32.1. The minimum atomic E-state index is 0.515. The van der Waals surface area contributed by atoms with Crippen LogP contribution in [0.25, 0.3) is 11.4 Å². The van der Waals surface area contributed by atoms with Crippen LogP contribution in [0.3, 0.4) is 0 Å². The molecule has 0 bridgehead atoms. The van der Waals surface area contributed by atoms with Gasteiger partial charge in [-0.3, -0.25) is 14.6 Å². The van der Waals surface area contributed by atoms with Gasteiger partial charge in [0.2, 0.25) is 0 Å². The number of hydrogen-bond acceptors (Lipinski definition) is 3. The largest absolute Gasteiger partial charge is 0.297 e. The highest BCUT2D eigenvalue weighted by Crippen LogP contribution is 2.47. The van der Waals surface area contributed by atoms with Crippen LogP contribution in [0.2, 0.25) is 0 Å². The van der Waals surface area contributed by atoms with Crippen LogP contribution in [0.5, 0.6) is 0 Å². The predicted octanol–water partition coefficient (Wildman–Crippen LogP) is 2.97. The molecule has 2 aromatic heterocycles. The maximum Gasteiger partial charge on any atom is 0.195 e. The zero-order valence-corrected chi connectivity index (χ0v) is 10.4. The number of hydrogen-bond donors (Lipinski definition) is 1. The van der Waals surface area contributed by atoms with Gasteiger partial charge in [-0.1, -0.05) is 13.3 Å². The van der Waals surface area contributed by atoms with Crippen molar-refractivity contribution in [1.82, 2.24) is 19.7 Å². The molecule has 0 saturated heterocycles. The molecule has 2 unspecified atom stereocenters. The van der Waals surface area contributed by atoms with E-state index < -0.39 is 0 Å². The number of nitrogens with one attached hydrogen (secondary N) is 1. The van der Waals surface area contributed by atoms with Crippen molar-refractivity contribution >= 4 is 12.2 Å². The molecule has 2 heterocycles. The Labute approximate surface area is 105 Å². The lowest BCUT2D eigenvalue weighted by molar-refractivity contribution is 0.638. The number of aromatic nitrogens is 4. The molecule has 2 atom stereocenters. The summed E-state index contributed by atoms with van der Waals surface area (Å²) < 4.78 is 2.85. The molecule has 1 fully saturated rings. The van der Waals surface area contributed by atoms with Gasteiger partial charge in [-0.15, -0.1) is 0 Å². The first-order valence-electron chi connectivity index (χ1n) is 5.88. The van der Waals surface area contributed by atoms with E-state index in [4.69, 9.17) is 12.2 Å². The van der Waals surface area contributed by atoms with Gasteiger partial charge in [-0.2, -0.15) is 5.10 Å². The number of rotatable bonds is 3. The summed E-state index contributed by atoms with van der Waals surface area (Å²) in [6, 6.07) is 4.45. The molecular weight excluding hydrogens is 232 g/mol. The molecule has 5 heteroatoms. The predicted molar refractivity (Wildman–Crippen MR) is 68.1 cm³/mol. The molecule has 1 aliphatic rings. The van der Waals surface area contributed by atoms with E-state index in [-0.39, 0.29) is 0 Å². The van der Waals surface area contributed by atoms with Crippen LogP contribution in [0.15, 0.2) is 24.5 Å². The van der Waals surface area contributed by atoms with Crippen LogP contribution in [0.1, 0.15) is 25.8 Å². The molecule has 1 saturated carbocycles. The highest BCUT2D eigenvalue weighted by Gasteiger charge is 2.39. The smallest absolute Gasteiger partial charge is 0.195 e. The summed E-state index contributed by atoms with van der Waals surface area (Å²) in [6.07, 6.45) is 5.99. The Morgan fingerprint density at radius 3 is 3.12 bits per heavy atom. The normalized spacial score (nSPS) is 22.6. The van der Waals surface area contributed by atoms with Gasteiger partial charge in [0.05, 0.1) is 0 Å². The van der Waals surface area contributed by atoms with E-state index in [2.05, 4.69) is 26.7 Å². The first-order valence-corrected chi connectivity index (χ1v) is 6.29. The molecule has 1 N–H and O–H groups in total. The molecule has 88 valence electrons. The third-order valence-corrected chi connectivity index (χ3v) is 3.65. The fraction of sp³-hybridized carbons (Fsp3) is 0.417. The van der Waals surface area contributed by atoms with Gasteiger partial charge in [0.1, 0.15) is 0 Å². The lowest BCUT2D eigenvalue weighted by Crippen LogP contribution is -1.99. The van der Waals surface area contributed by atoms with Gasteiger partial charge < -0.3 is 0 Å². The van der Waals surface area contributed by atoms with E-state index in [1.165, 1.54) is 12.8 Å². The minimum absolute atomic E-state index is 0.515. The average molecular weight is 246 g/mol. The van der Waals surface area contributed by atoms with Crippen molar-refractivity contribution in [2.45, 2.75) is 25.8 Å². The second-order valence-corrected chi connectivity index (χ2v) is 4.82. The molecular formula is C12H14N4S. The zero-order chi connectivity index (χ0) is 11.8. The second kappa shape index (κ2) is 4.07. The number of H-pyrrole nitrogens is 1. The lowest BCUT2D eigenvalue weighted by Gasteiger charge is -2.05. The fourth-order valence-electron chi connectivity index (χ4n) is 2.30. The molecule has 0 aliphatic heterocycles. The summed E-state index contributed by atoms with van der Waals surface area (Å²) in [5, 5.41) is 7.21. The summed E-state index contributed by atoms with van der Waals surface area (Å²) in [4.78, 5) is 4.13. The van der Waals surface area contributed by atoms with E-state index in [9.17, 15) is 0 Å². The van der Waals surface area contributed by atoms with E-state index in [0.717, 1.165) is 17.3 Å². The SMILES string of the molecule is CCC1CC1n1c(-c2cccnc2)n[nH]c1=S. The van der Waals surface area contributed by atoms with Crippen LogP contribution in [0, 0.1) is 10.7 Å². The zero-order valence-electron chi connectivity index (χ0n) is 9.63. The van der Waals surface area contributed by atoms with E-state index in [1.54, 1.807) is 6.20 Å². The van der Waals surface area contributed by atoms with Crippen molar-refractivity contribution in [1.29, 1.82) is 0 Å². The maximum atomic E-state index is 5.31. The second-order valence-electron chi connectivity index (χ2n) is 4.44. The quantitative estimate of drug-likeness (QED) is 0.847.